The lowest BCUT2D eigenvalue weighted by atomic mass is 9.62. The Kier molecular flexibility index (Phi) is 7.33. The standard InChI is InChI=1S/C26H42O4/c1-17-20(15-21(27)16-24(17)28)9-8-19-7-6-12-26(5)22(10-11-23(19)26)18(2)30-14-13-25(3,4)29/h8-9,18,21-24,27-29H,1,6-7,10-16H2,2-5H3/b19-8-,20-9+/t18-,21+,22+,23-,24-,26+/m0/s1. The molecule has 0 aromatic rings. The van der Waals surface area contributed by atoms with Gasteiger partial charge in [0.15, 0.2) is 0 Å². The van der Waals surface area contributed by atoms with Gasteiger partial charge in [0.1, 0.15) is 0 Å². The molecule has 0 radical (unpaired) electrons. The summed E-state index contributed by atoms with van der Waals surface area (Å²) in [5, 5.41) is 30.1. The average molecular weight is 419 g/mol. The van der Waals surface area contributed by atoms with E-state index in [-0.39, 0.29) is 11.5 Å². The molecule has 0 aromatic carbocycles. The molecular weight excluding hydrogens is 376 g/mol. The van der Waals surface area contributed by atoms with Crippen molar-refractivity contribution in [3.05, 3.63) is 35.5 Å². The van der Waals surface area contributed by atoms with Crippen LogP contribution in [0, 0.1) is 17.3 Å². The number of aliphatic hydroxyl groups excluding tert-OH is 2. The van der Waals surface area contributed by atoms with Crippen molar-refractivity contribution in [1.82, 2.24) is 0 Å². The summed E-state index contributed by atoms with van der Waals surface area (Å²) in [6.45, 7) is 13.0. The van der Waals surface area contributed by atoms with Crippen molar-refractivity contribution in [3.8, 4) is 0 Å². The minimum Gasteiger partial charge on any atom is -0.393 e. The Bertz CT molecular complexity index is 686. The molecule has 3 fully saturated rings. The molecule has 0 bridgehead atoms. The van der Waals surface area contributed by atoms with Crippen molar-refractivity contribution in [1.29, 1.82) is 0 Å². The molecule has 0 amide bonds. The van der Waals surface area contributed by atoms with Crippen LogP contribution in [0.5, 0.6) is 0 Å². The summed E-state index contributed by atoms with van der Waals surface area (Å²) < 4.78 is 6.19. The second-order valence-corrected chi connectivity index (χ2v) is 10.8. The quantitative estimate of drug-likeness (QED) is 0.585. The Hall–Kier alpha value is -0.940. The van der Waals surface area contributed by atoms with Crippen molar-refractivity contribution in [3.63, 3.8) is 0 Å². The van der Waals surface area contributed by atoms with Crippen LogP contribution in [-0.2, 0) is 4.74 Å². The monoisotopic (exact) mass is 418 g/mol. The molecular formula is C26H42O4. The van der Waals surface area contributed by atoms with E-state index in [0.29, 0.717) is 37.7 Å². The van der Waals surface area contributed by atoms with Crippen molar-refractivity contribution >= 4 is 0 Å². The minimum absolute atomic E-state index is 0.198. The van der Waals surface area contributed by atoms with E-state index >= 15 is 0 Å². The summed E-state index contributed by atoms with van der Waals surface area (Å²) >= 11 is 0. The third-order valence-electron chi connectivity index (χ3n) is 7.96. The van der Waals surface area contributed by atoms with Crippen LogP contribution < -0.4 is 0 Å². The molecule has 3 aliphatic carbocycles. The molecule has 0 saturated heterocycles. The maximum Gasteiger partial charge on any atom is 0.0811 e. The number of allylic oxidation sites excluding steroid dienone is 3. The number of hydrogen-bond acceptors (Lipinski definition) is 4. The van der Waals surface area contributed by atoms with Crippen molar-refractivity contribution in [2.45, 2.75) is 103 Å². The second-order valence-electron chi connectivity index (χ2n) is 10.8. The summed E-state index contributed by atoms with van der Waals surface area (Å²) in [5.74, 6) is 1.11. The molecule has 4 nitrogen and oxygen atoms in total. The zero-order chi connectivity index (χ0) is 22.1. The number of rotatable bonds is 6. The van der Waals surface area contributed by atoms with Crippen molar-refractivity contribution < 1.29 is 20.1 Å². The van der Waals surface area contributed by atoms with Gasteiger partial charge in [-0.25, -0.2) is 0 Å². The molecule has 4 heteroatoms. The summed E-state index contributed by atoms with van der Waals surface area (Å²) in [7, 11) is 0. The predicted octanol–water partition coefficient (Wildman–Crippen LogP) is 4.69. The normalized spacial score (nSPS) is 38.8. The topological polar surface area (TPSA) is 69.9 Å². The molecule has 170 valence electrons. The van der Waals surface area contributed by atoms with Crippen LogP contribution in [0.15, 0.2) is 35.5 Å². The highest BCUT2D eigenvalue weighted by molar-refractivity contribution is 5.38. The summed E-state index contributed by atoms with van der Waals surface area (Å²) in [5.41, 5.74) is 2.82. The number of aliphatic hydroxyl groups is 3. The third-order valence-corrected chi connectivity index (χ3v) is 7.96. The van der Waals surface area contributed by atoms with E-state index in [0.717, 1.165) is 17.6 Å². The lowest BCUT2D eigenvalue weighted by Crippen LogP contribution is -2.39. The number of hydrogen-bond donors (Lipinski definition) is 3. The zero-order valence-electron chi connectivity index (χ0n) is 19.4. The first kappa shape index (κ1) is 23.7. The van der Waals surface area contributed by atoms with Crippen LogP contribution in [0.4, 0.5) is 0 Å². The van der Waals surface area contributed by atoms with E-state index in [1.807, 2.05) is 13.8 Å². The molecule has 0 spiro atoms. The fourth-order valence-electron chi connectivity index (χ4n) is 6.13. The van der Waals surface area contributed by atoms with Crippen LogP contribution in [0.3, 0.4) is 0 Å². The number of fused-ring (bicyclic) bond motifs is 1. The van der Waals surface area contributed by atoms with Gasteiger partial charge in [-0.05, 0) is 94.1 Å². The first-order chi connectivity index (χ1) is 14.0. The van der Waals surface area contributed by atoms with E-state index in [1.54, 1.807) is 0 Å². The second kappa shape index (κ2) is 9.28. The van der Waals surface area contributed by atoms with Gasteiger partial charge < -0.3 is 20.1 Å². The molecule has 3 rings (SSSR count). The molecule has 3 saturated carbocycles. The van der Waals surface area contributed by atoms with E-state index < -0.39 is 17.8 Å². The van der Waals surface area contributed by atoms with Gasteiger partial charge in [0.25, 0.3) is 0 Å². The fourth-order valence-corrected chi connectivity index (χ4v) is 6.13. The molecule has 0 unspecified atom stereocenters. The Balaban J connectivity index is 1.70. The Morgan fingerprint density at radius 3 is 2.70 bits per heavy atom. The van der Waals surface area contributed by atoms with Gasteiger partial charge >= 0.3 is 0 Å². The van der Waals surface area contributed by atoms with Gasteiger partial charge in [0.05, 0.1) is 23.9 Å². The molecule has 0 aliphatic heterocycles. The summed E-state index contributed by atoms with van der Waals surface area (Å²) in [6.07, 6.45) is 11.0. The molecule has 6 atom stereocenters. The highest BCUT2D eigenvalue weighted by atomic mass is 16.5. The molecule has 0 heterocycles. The molecule has 0 aromatic heterocycles. The van der Waals surface area contributed by atoms with Gasteiger partial charge in [-0.1, -0.05) is 31.2 Å². The van der Waals surface area contributed by atoms with Crippen LogP contribution in [0.1, 0.15) is 79.1 Å². The first-order valence-electron chi connectivity index (χ1n) is 11.8. The lowest BCUT2D eigenvalue weighted by molar-refractivity contribution is -0.0454. The maximum absolute atomic E-state index is 10.1. The van der Waals surface area contributed by atoms with Gasteiger partial charge in [0.2, 0.25) is 0 Å². The highest BCUT2D eigenvalue weighted by Gasteiger charge is 2.51. The van der Waals surface area contributed by atoms with Gasteiger partial charge in [-0.15, -0.1) is 0 Å². The molecule has 3 aliphatic rings. The van der Waals surface area contributed by atoms with E-state index in [4.69, 9.17) is 4.74 Å². The maximum atomic E-state index is 10.1. The van der Waals surface area contributed by atoms with E-state index in [2.05, 4.69) is 32.6 Å². The minimum atomic E-state index is -0.680. The van der Waals surface area contributed by atoms with Crippen LogP contribution in [0.25, 0.3) is 0 Å². The zero-order valence-corrected chi connectivity index (χ0v) is 19.4. The highest BCUT2D eigenvalue weighted by Crippen LogP contribution is 2.58. The average Bonchev–Trinajstić information content (AvgIpc) is 3.00. The SMILES string of the molecule is C=C1/C(=C/C=C2/CCC[C@]3(C)[C@@H]([C@H](C)OCCC(C)(C)O)CC[C@@H]23)C[C@@H](O)C[C@@H]1O. The Labute approximate surface area is 182 Å². The predicted molar refractivity (Wildman–Crippen MR) is 121 cm³/mol. The smallest absolute Gasteiger partial charge is 0.0811 e. The van der Waals surface area contributed by atoms with Gasteiger partial charge in [0, 0.05) is 13.0 Å². The van der Waals surface area contributed by atoms with Crippen LogP contribution in [0.2, 0.25) is 0 Å². The van der Waals surface area contributed by atoms with Crippen molar-refractivity contribution in [2.24, 2.45) is 17.3 Å². The molecule has 3 N–H and O–H groups in total. The number of ether oxygens (including phenoxy) is 1. The Morgan fingerprint density at radius 2 is 2.00 bits per heavy atom. The van der Waals surface area contributed by atoms with E-state index in [1.165, 1.54) is 31.3 Å². The lowest BCUT2D eigenvalue weighted by Gasteiger charge is -2.44. The summed E-state index contributed by atoms with van der Waals surface area (Å²) in [4.78, 5) is 0. The van der Waals surface area contributed by atoms with Crippen LogP contribution >= 0.6 is 0 Å². The third kappa shape index (κ3) is 5.27. The largest absolute Gasteiger partial charge is 0.393 e. The first-order valence-corrected chi connectivity index (χ1v) is 11.8. The Morgan fingerprint density at radius 1 is 1.27 bits per heavy atom. The summed E-state index contributed by atoms with van der Waals surface area (Å²) in [6, 6.07) is 0. The molecule has 30 heavy (non-hydrogen) atoms. The fraction of sp³-hybridized carbons (Fsp3) is 0.769. The van der Waals surface area contributed by atoms with Gasteiger partial charge in [-0.3, -0.25) is 0 Å². The van der Waals surface area contributed by atoms with Crippen molar-refractivity contribution in [2.75, 3.05) is 6.61 Å². The van der Waals surface area contributed by atoms with E-state index in [9.17, 15) is 15.3 Å². The van der Waals surface area contributed by atoms with Crippen LogP contribution in [-0.4, -0.2) is 45.8 Å². The van der Waals surface area contributed by atoms with Gasteiger partial charge in [-0.2, -0.15) is 0 Å².